The van der Waals surface area contributed by atoms with E-state index < -0.39 is 0 Å². The van der Waals surface area contributed by atoms with E-state index in [0.29, 0.717) is 5.92 Å². The predicted octanol–water partition coefficient (Wildman–Crippen LogP) is 14.5. The normalized spacial score (nSPS) is 21.5. The van der Waals surface area contributed by atoms with Crippen LogP contribution in [0.2, 0.25) is 0 Å². The molecule has 0 saturated heterocycles. The summed E-state index contributed by atoms with van der Waals surface area (Å²) in [5, 5.41) is 2.63. The van der Waals surface area contributed by atoms with E-state index in [9.17, 15) is 0 Å². The van der Waals surface area contributed by atoms with Crippen molar-refractivity contribution in [3.63, 3.8) is 0 Å². The first-order chi connectivity index (χ1) is 26.5. The Labute approximate surface area is 320 Å². The van der Waals surface area contributed by atoms with Crippen molar-refractivity contribution in [2.24, 2.45) is 11.8 Å². The van der Waals surface area contributed by atoms with E-state index in [0.717, 1.165) is 17.8 Å². The number of hydrogen-bond donors (Lipinski definition) is 0. The van der Waals surface area contributed by atoms with Crippen LogP contribution in [-0.4, -0.2) is 4.57 Å². The summed E-state index contributed by atoms with van der Waals surface area (Å²) in [7, 11) is 0. The third-order valence-corrected chi connectivity index (χ3v) is 14.2. The smallest absolute Gasteiger partial charge is 0.0588 e. The van der Waals surface area contributed by atoms with E-state index in [1.165, 1.54) is 130 Å². The molecular weight excluding hydrogens is 653 g/mol. The van der Waals surface area contributed by atoms with Gasteiger partial charge < -0.3 is 9.47 Å². The van der Waals surface area contributed by atoms with E-state index in [1.807, 2.05) is 0 Å². The minimum atomic E-state index is -0.205. The Hall–Kier alpha value is -5.08. The third kappa shape index (κ3) is 4.98. The van der Waals surface area contributed by atoms with Crippen LogP contribution >= 0.6 is 0 Å². The van der Waals surface area contributed by atoms with Crippen molar-refractivity contribution in [3.05, 3.63) is 156 Å². The molecule has 2 nitrogen and oxygen atoms in total. The second kappa shape index (κ2) is 12.5. The maximum atomic E-state index is 2.52. The lowest BCUT2D eigenvalue weighted by Crippen LogP contribution is -2.18. The van der Waals surface area contributed by atoms with Crippen molar-refractivity contribution in [2.45, 2.75) is 88.9 Å². The zero-order valence-corrected chi connectivity index (χ0v) is 31.8. The lowest BCUT2D eigenvalue weighted by atomic mass is 9.81. The molecule has 0 radical (unpaired) electrons. The Kier molecular flexibility index (Phi) is 7.48. The number of hydrogen-bond acceptors (Lipinski definition) is 1. The Morgan fingerprint density at radius 1 is 0.574 bits per heavy atom. The van der Waals surface area contributed by atoms with E-state index in [1.54, 1.807) is 5.56 Å². The number of fused-ring (bicyclic) bond motifs is 9. The third-order valence-electron chi connectivity index (χ3n) is 14.2. The summed E-state index contributed by atoms with van der Waals surface area (Å²) in [6.07, 6.45) is 12.4. The Morgan fingerprint density at radius 2 is 1.26 bits per heavy atom. The lowest BCUT2D eigenvalue weighted by Gasteiger charge is -2.30. The monoisotopic (exact) mass is 702 g/mol. The van der Waals surface area contributed by atoms with Crippen LogP contribution in [0.1, 0.15) is 106 Å². The summed E-state index contributed by atoms with van der Waals surface area (Å²) in [6.45, 7) is 4.89. The summed E-state index contributed by atoms with van der Waals surface area (Å²) < 4.78 is 2.51. The molecule has 1 heterocycles. The van der Waals surface area contributed by atoms with Gasteiger partial charge in [0.05, 0.1) is 11.0 Å². The molecule has 4 aliphatic carbocycles. The van der Waals surface area contributed by atoms with E-state index in [-0.39, 0.29) is 5.41 Å². The molecule has 11 rings (SSSR count). The van der Waals surface area contributed by atoms with Gasteiger partial charge in [-0.3, -0.25) is 0 Å². The van der Waals surface area contributed by atoms with Crippen molar-refractivity contribution < 1.29 is 0 Å². The molecule has 6 aromatic carbocycles. The Bertz CT molecular complexity index is 2510. The Balaban J connectivity index is 1.04. The molecule has 0 spiro atoms. The number of anilines is 3. The van der Waals surface area contributed by atoms with Crippen molar-refractivity contribution in [1.82, 2.24) is 4.57 Å². The number of benzene rings is 6. The second-order valence-corrected chi connectivity index (χ2v) is 17.6. The molecule has 0 amide bonds. The fourth-order valence-corrected chi connectivity index (χ4v) is 11.6. The van der Waals surface area contributed by atoms with Gasteiger partial charge in [0, 0.05) is 38.9 Å². The average Bonchev–Trinajstić information content (AvgIpc) is 3.99. The largest absolute Gasteiger partial charge is 0.310 e. The molecule has 0 N–H and O–H groups in total. The molecule has 2 bridgehead atoms. The highest BCUT2D eigenvalue weighted by Gasteiger charge is 2.41. The van der Waals surface area contributed by atoms with Crippen LogP contribution in [0.3, 0.4) is 0 Å². The van der Waals surface area contributed by atoms with Gasteiger partial charge in [0.25, 0.3) is 0 Å². The zero-order valence-electron chi connectivity index (χ0n) is 31.8. The Morgan fingerprint density at radius 3 is 1.98 bits per heavy atom. The SMILES string of the molecule is CC1(C)c2cc(N(c3ccc(C4CCCCC4)cc3)c3ccc(C4CC5CCC4C5)cc3)ccc2-c2ccc3c4ccccc4n(-c4ccccc4)c3c21. The predicted molar refractivity (Wildman–Crippen MR) is 227 cm³/mol. The van der Waals surface area contributed by atoms with Crippen molar-refractivity contribution in [3.8, 4) is 16.8 Å². The average molecular weight is 703 g/mol. The van der Waals surface area contributed by atoms with Crippen LogP contribution in [0.5, 0.6) is 0 Å². The molecule has 54 heavy (non-hydrogen) atoms. The summed E-state index contributed by atoms with van der Waals surface area (Å²) in [5.74, 6) is 3.28. The number of rotatable bonds is 6. The van der Waals surface area contributed by atoms with E-state index in [4.69, 9.17) is 0 Å². The zero-order chi connectivity index (χ0) is 36.0. The molecule has 268 valence electrons. The van der Waals surface area contributed by atoms with Crippen molar-refractivity contribution in [1.29, 1.82) is 0 Å². The van der Waals surface area contributed by atoms with Crippen LogP contribution in [0.25, 0.3) is 38.6 Å². The van der Waals surface area contributed by atoms with Crippen LogP contribution < -0.4 is 4.90 Å². The quantitative estimate of drug-likeness (QED) is 0.167. The van der Waals surface area contributed by atoms with Gasteiger partial charge in [-0.25, -0.2) is 0 Å². The van der Waals surface area contributed by atoms with Gasteiger partial charge in [-0.15, -0.1) is 0 Å². The van der Waals surface area contributed by atoms with E-state index >= 15 is 0 Å². The van der Waals surface area contributed by atoms with Crippen LogP contribution in [0.15, 0.2) is 133 Å². The van der Waals surface area contributed by atoms with Gasteiger partial charge in [-0.1, -0.05) is 118 Å². The first kappa shape index (κ1) is 32.4. The van der Waals surface area contributed by atoms with Crippen LogP contribution in [0.4, 0.5) is 17.1 Å². The maximum absolute atomic E-state index is 2.52. The number of para-hydroxylation sites is 2. The minimum absolute atomic E-state index is 0.205. The summed E-state index contributed by atoms with van der Waals surface area (Å²) in [6, 6.07) is 51.3. The van der Waals surface area contributed by atoms with E-state index in [2.05, 4.69) is 157 Å². The highest BCUT2D eigenvalue weighted by molar-refractivity contribution is 6.13. The summed E-state index contributed by atoms with van der Waals surface area (Å²) in [4.78, 5) is 2.52. The van der Waals surface area contributed by atoms with Crippen molar-refractivity contribution in [2.75, 3.05) is 4.90 Å². The lowest BCUT2D eigenvalue weighted by molar-refractivity contribution is 0.420. The molecule has 0 aliphatic heterocycles. The van der Waals surface area contributed by atoms with Crippen LogP contribution in [-0.2, 0) is 5.41 Å². The van der Waals surface area contributed by atoms with Crippen molar-refractivity contribution >= 4 is 38.9 Å². The van der Waals surface area contributed by atoms with Gasteiger partial charge in [-0.2, -0.15) is 0 Å². The molecular formula is C52H50N2. The minimum Gasteiger partial charge on any atom is -0.310 e. The second-order valence-electron chi connectivity index (χ2n) is 17.6. The molecule has 2 heteroatoms. The summed E-state index contributed by atoms with van der Waals surface area (Å²) >= 11 is 0. The molecule has 4 aliphatic rings. The fraction of sp³-hybridized carbons (Fsp3) is 0.308. The molecule has 3 atom stereocenters. The van der Waals surface area contributed by atoms with Gasteiger partial charge in [0.2, 0.25) is 0 Å². The molecule has 3 saturated carbocycles. The highest BCUT2D eigenvalue weighted by Crippen LogP contribution is 2.55. The first-order valence-corrected chi connectivity index (χ1v) is 20.8. The highest BCUT2D eigenvalue weighted by atomic mass is 15.1. The molecule has 7 aromatic rings. The van der Waals surface area contributed by atoms with Gasteiger partial charge in [0.1, 0.15) is 0 Å². The number of nitrogens with zero attached hydrogens (tertiary/aromatic N) is 2. The molecule has 1 aromatic heterocycles. The maximum Gasteiger partial charge on any atom is 0.0588 e. The fourth-order valence-electron chi connectivity index (χ4n) is 11.6. The number of aromatic nitrogens is 1. The summed E-state index contributed by atoms with van der Waals surface area (Å²) in [5.41, 5.74) is 15.9. The molecule has 3 fully saturated rings. The standard InChI is InChI=1S/C52H50N2/c1-52(2)48-33-42(27-28-43(48)45-29-30-46-44-15-9-10-16-49(44)54(51(46)50(45)52)39-13-7-4-8-14-39)53(40-23-19-36(20-24-40)35-11-5-3-6-12-35)41-25-21-37(22-26-41)47-32-34-17-18-38(47)31-34/h4,7-10,13-16,19-30,33-35,38,47H,3,5-6,11-12,17-18,31-32H2,1-2H3. The first-order valence-electron chi connectivity index (χ1n) is 20.8. The van der Waals surface area contributed by atoms with Crippen LogP contribution in [0, 0.1) is 11.8 Å². The van der Waals surface area contributed by atoms with Gasteiger partial charge in [0.15, 0.2) is 0 Å². The topological polar surface area (TPSA) is 8.17 Å². The van der Waals surface area contributed by atoms with Gasteiger partial charge >= 0.3 is 0 Å². The van der Waals surface area contributed by atoms with Gasteiger partial charge in [-0.05, 0) is 144 Å². The molecule has 3 unspecified atom stereocenters.